The molecule has 4 rings (SSSR count). The molecule has 2 atom stereocenters. The number of halogens is 1. The van der Waals surface area contributed by atoms with Crippen molar-refractivity contribution in [2.45, 2.75) is 83.2 Å². The summed E-state index contributed by atoms with van der Waals surface area (Å²) in [5.41, 5.74) is 0.562. The van der Waals surface area contributed by atoms with Crippen molar-refractivity contribution in [2.75, 3.05) is 23.1 Å². The van der Waals surface area contributed by atoms with Crippen molar-refractivity contribution in [3.05, 3.63) is 24.0 Å². The lowest BCUT2D eigenvalue weighted by molar-refractivity contribution is 0.348. The number of rotatable bonds is 7. The molecule has 1 heterocycles. The fraction of sp³-hybridized carbons (Fsp3) is 0.625. The van der Waals surface area contributed by atoms with Crippen LogP contribution in [-0.4, -0.2) is 34.1 Å². The van der Waals surface area contributed by atoms with Gasteiger partial charge in [0.05, 0.1) is 7.11 Å². The summed E-state index contributed by atoms with van der Waals surface area (Å²) < 4.78 is 19.2. The van der Waals surface area contributed by atoms with Gasteiger partial charge < -0.3 is 20.7 Å². The molecule has 2 fully saturated rings. The van der Waals surface area contributed by atoms with E-state index in [1.54, 1.807) is 12.1 Å². The summed E-state index contributed by atoms with van der Waals surface area (Å²) in [6.45, 7) is 2.28. The molecule has 2 aromatic rings. The quantitative estimate of drug-likeness (QED) is 0.461. The summed E-state index contributed by atoms with van der Waals surface area (Å²) in [4.78, 5) is 13.9. The standard InChI is InChI=1S/C24H35FN6O/c1-16-9-7-8-12-20(16)28-24-30-22(26-17-10-5-3-4-6-11-17)29-23(31-24)27-18-13-14-21(32-2)19(25)15-18/h13-17,20H,3-12H2,1-2H3,(H3,26,27,28,29,30,31). The second kappa shape index (κ2) is 10.8. The Balaban J connectivity index is 1.56. The average molecular weight is 443 g/mol. The van der Waals surface area contributed by atoms with E-state index in [-0.39, 0.29) is 5.75 Å². The Morgan fingerprint density at radius 1 is 0.844 bits per heavy atom. The van der Waals surface area contributed by atoms with Crippen LogP contribution in [0.1, 0.15) is 71.1 Å². The van der Waals surface area contributed by atoms with Crippen molar-refractivity contribution in [1.29, 1.82) is 0 Å². The molecule has 2 saturated carbocycles. The van der Waals surface area contributed by atoms with Gasteiger partial charge in [-0.2, -0.15) is 15.0 Å². The molecule has 0 aliphatic heterocycles. The second-order valence-corrected chi connectivity index (χ2v) is 9.13. The Labute approximate surface area is 190 Å². The molecule has 3 N–H and O–H groups in total. The van der Waals surface area contributed by atoms with Gasteiger partial charge in [-0.3, -0.25) is 0 Å². The van der Waals surface area contributed by atoms with Crippen molar-refractivity contribution in [3.8, 4) is 5.75 Å². The molecule has 8 heteroatoms. The molecule has 2 unspecified atom stereocenters. The molecule has 2 aliphatic carbocycles. The van der Waals surface area contributed by atoms with Crippen LogP contribution < -0.4 is 20.7 Å². The highest BCUT2D eigenvalue weighted by Gasteiger charge is 2.23. The summed E-state index contributed by atoms with van der Waals surface area (Å²) >= 11 is 0. The highest BCUT2D eigenvalue weighted by molar-refractivity contribution is 5.57. The fourth-order valence-corrected chi connectivity index (χ4v) is 4.74. The molecule has 2 aliphatic rings. The van der Waals surface area contributed by atoms with Gasteiger partial charge in [-0.05, 0) is 43.7 Å². The van der Waals surface area contributed by atoms with Crippen LogP contribution in [0.3, 0.4) is 0 Å². The van der Waals surface area contributed by atoms with Gasteiger partial charge in [0, 0.05) is 23.8 Å². The van der Waals surface area contributed by atoms with Gasteiger partial charge in [0.1, 0.15) is 0 Å². The predicted molar refractivity (Wildman–Crippen MR) is 126 cm³/mol. The normalized spacial score (nSPS) is 22.1. The first kappa shape index (κ1) is 22.6. The zero-order chi connectivity index (χ0) is 22.3. The minimum Gasteiger partial charge on any atom is -0.494 e. The lowest BCUT2D eigenvalue weighted by atomic mass is 9.86. The number of anilines is 4. The Bertz CT molecular complexity index is 887. The summed E-state index contributed by atoms with van der Waals surface area (Å²) in [6, 6.07) is 5.44. The Morgan fingerprint density at radius 3 is 2.19 bits per heavy atom. The van der Waals surface area contributed by atoms with E-state index in [0.29, 0.717) is 41.5 Å². The molecule has 0 spiro atoms. The monoisotopic (exact) mass is 442 g/mol. The van der Waals surface area contributed by atoms with Gasteiger partial charge in [-0.25, -0.2) is 4.39 Å². The summed E-state index contributed by atoms with van der Waals surface area (Å²) in [5, 5.41) is 10.2. The Kier molecular flexibility index (Phi) is 7.60. The van der Waals surface area contributed by atoms with E-state index in [9.17, 15) is 4.39 Å². The van der Waals surface area contributed by atoms with Crippen molar-refractivity contribution in [1.82, 2.24) is 15.0 Å². The Hall–Kier alpha value is -2.64. The maximum Gasteiger partial charge on any atom is 0.233 e. The number of benzene rings is 1. The van der Waals surface area contributed by atoms with Crippen LogP contribution in [0.15, 0.2) is 18.2 Å². The van der Waals surface area contributed by atoms with E-state index >= 15 is 0 Å². The van der Waals surface area contributed by atoms with Crippen LogP contribution in [-0.2, 0) is 0 Å². The third kappa shape index (κ3) is 5.99. The number of nitrogens with zero attached hydrogens (tertiary/aromatic N) is 3. The van der Waals surface area contributed by atoms with E-state index in [1.165, 1.54) is 58.1 Å². The molecule has 0 radical (unpaired) electrons. The maximum atomic E-state index is 14.2. The van der Waals surface area contributed by atoms with E-state index < -0.39 is 5.82 Å². The SMILES string of the molecule is COc1ccc(Nc2nc(NC3CCCCCC3)nc(NC3CCCCC3C)n2)cc1F. The molecule has 0 saturated heterocycles. The first-order valence-electron chi connectivity index (χ1n) is 12.0. The third-order valence-corrected chi connectivity index (χ3v) is 6.66. The van der Waals surface area contributed by atoms with Crippen LogP contribution in [0, 0.1) is 11.7 Å². The third-order valence-electron chi connectivity index (χ3n) is 6.66. The molecule has 174 valence electrons. The van der Waals surface area contributed by atoms with Gasteiger partial charge in [0.2, 0.25) is 17.8 Å². The van der Waals surface area contributed by atoms with E-state index in [4.69, 9.17) is 9.72 Å². The van der Waals surface area contributed by atoms with Crippen molar-refractivity contribution >= 4 is 23.5 Å². The van der Waals surface area contributed by atoms with E-state index in [1.807, 2.05) is 0 Å². The van der Waals surface area contributed by atoms with Crippen molar-refractivity contribution < 1.29 is 9.13 Å². The van der Waals surface area contributed by atoms with E-state index in [2.05, 4.69) is 32.8 Å². The van der Waals surface area contributed by atoms with Gasteiger partial charge in [0.25, 0.3) is 0 Å². The van der Waals surface area contributed by atoms with Crippen LogP contribution >= 0.6 is 0 Å². The molecule has 1 aromatic carbocycles. The fourth-order valence-electron chi connectivity index (χ4n) is 4.74. The minimum atomic E-state index is -0.433. The van der Waals surface area contributed by atoms with Gasteiger partial charge in [0.15, 0.2) is 11.6 Å². The summed E-state index contributed by atoms with van der Waals surface area (Å²) in [5.74, 6) is 1.87. The van der Waals surface area contributed by atoms with Crippen LogP contribution in [0.2, 0.25) is 0 Å². The Morgan fingerprint density at radius 2 is 1.50 bits per heavy atom. The summed E-state index contributed by atoms with van der Waals surface area (Å²) in [6.07, 6.45) is 12.1. The van der Waals surface area contributed by atoms with Gasteiger partial charge >= 0.3 is 0 Å². The van der Waals surface area contributed by atoms with Crippen LogP contribution in [0.25, 0.3) is 0 Å². The average Bonchev–Trinajstić information content (AvgIpc) is 3.04. The van der Waals surface area contributed by atoms with E-state index in [0.717, 1.165) is 19.3 Å². The second-order valence-electron chi connectivity index (χ2n) is 9.13. The molecule has 0 bridgehead atoms. The number of hydrogen-bond acceptors (Lipinski definition) is 7. The topological polar surface area (TPSA) is 84.0 Å². The van der Waals surface area contributed by atoms with Crippen molar-refractivity contribution in [2.24, 2.45) is 5.92 Å². The summed E-state index contributed by atoms with van der Waals surface area (Å²) in [7, 11) is 1.45. The molecular formula is C24H35FN6O. The lowest BCUT2D eigenvalue weighted by Crippen LogP contribution is -2.31. The van der Waals surface area contributed by atoms with Gasteiger partial charge in [-0.1, -0.05) is 45.4 Å². The van der Waals surface area contributed by atoms with Crippen molar-refractivity contribution in [3.63, 3.8) is 0 Å². The zero-order valence-electron chi connectivity index (χ0n) is 19.2. The molecule has 32 heavy (non-hydrogen) atoms. The van der Waals surface area contributed by atoms with Crippen LogP contribution in [0.4, 0.5) is 27.9 Å². The molecule has 7 nitrogen and oxygen atoms in total. The number of nitrogens with one attached hydrogen (secondary N) is 3. The number of hydrogen-bond donors (Lipinski definition) is 3. The number of ether oxygens (including phenoxy) is 1. The number of aromatic nitrogens is 3. The minimum absolute atomic E-state index is 0.204. The molecule has 0 amide bonds. The first-order chi connectivity index (χ1) is 15.6. The maximum absolute atomic E-state index is 14.2. The smallest absolute Gasteiger partial charge is 0.233 e. The van der Waals surface area contributed by atoms with Crippen LogP contribution in [0.5, 0.6) is 5.75 Å². The highest BCUT2D eigenvalue weighted by Crippen LogP contribution is 2.28. The number of methoxy groups -OCH3 is 1. The predicted octanol–water partition coefficient (Wildman–Crippen LogP) is 5.89. The zero-order valence-corrected chi connectivity index (χ0v) is 19.2. The largest absolute Gasteiger partial charge is 0.494 e. The highest BCUT2D eigenvalue weighted by atomic mass is 19.1. The molecule has 1 aromatic heterocycles. The van der Waals surface area contributed by atoms with Gasteiger partial charge in [-0.15, -0.1) is 0 Å². The lowest BCUT2D eigenvalue weighted by Gasteiger charge is -2.29. The first-order valence-corrected chi connectivity index (χ1v) is 12.0. The molecular weight excluding hydrogens is 407 g/mol.